The lowest BCUT2D eigenvalue weighted by molar-refractivity contribution is 0.282. The summed E-state index contributed by atoms with van der Waals surface area (Å²) in [6, 6.07) is 9.32. The molecule has 26 heavy (non-hydrogen) atoms. The molecule has 7 heteroatoms. The Kier molecular flexibility index (Phi) is 6.42. The average molecular weight is 394 g/mol. The van der Waals surface area contributed by atoms with Gasteiger partial charge in [-0.3, -0.25) is 4.90 Å². The molecule has 0 atom stereocenters. The first kappa shape index (κ1) is 19.5. The molecule has 3 rings (SSSR count). The molecule has 1 aliphatic heterocycles. The standard InChI is InChI=1S/C19H27N3O2S2/c1-16(2)13-22-18(14-21-8-10-25-11-9-21)12-20-19(22)26(23,24)15-17-6-4-3-5-7-17/h3-7,12,16H,8-11,13-15H2,1-2H3. The van der Waals surface area contributed by atoms with Crippen molar-refractivity contribution in [3.8, 4) is 0 Å². The van der Waals surface area contributed by atoms with Gasteiger partial charge in [-0.25, -0.2) is 13.4 Å². The summed E-state index contributed by atoms with van der Waals surface area (Å²) < 4.78 is 27.9. The lowest BCUT2D eigenvalue weighted by Gasteiger charge is -2.26. The molecule has 0 spiro atoms. The molecule has 1 saturated heterocycles. The van der Waals surface area contributed by atoms with Crippen molar-refractivity contribution in [1.82, 2.24) is 14.5 Å². The molecule has 0 aliphatic carbocycles. The third-order valence-corrected chi connectivity index (χ3v) is 6.95. The lowest BCUT2D eigenvalue weighted by atomic mass is 10.2. The summed E-state index contributed by atoms with van der Waals surface area (Å²) in [5.41, 5.74) is 1.79. The maximum atomic E-state index is 13.0. The zero-order valence-corrected chi connectivity index (χ0v) is 17.1. The van der Waals surface area contributed by atoms with E-state index in [1.54, 1.807) is 6.20 Å². The highest BCUT2D eigenvalue weighted by molar-refractivity contribution is 7.99. The van der Waals surface area contributed by atoms with E-state index in [0.717, 1.165) is 42.4 Å². The molecule has 1 aliphatic rings. The van der Waals surface area contributed by atoms with Crippen LogP contribution in [0.2, 0.25) is 0 Å². The lowest BCUT2D eigenvalue weighted by Crippen LogP contribution is -2.33. The number of aromatic nitrogens is 2. The van der Waals surface area contributed by atoms with Crippen molar-refractivity contribution in [3.63, 3.8) is 0 Å². The largest absolute Gasteiger partial charge is 0.317 e. The summed E-state index contributed by atoms with van der Waals surface area (Å²) in [5, 5.41) is 0.205. The normalized spacial score (nSPS) is 16.3. The zero-order valence-electron chi connectivity index (χ0n) is 15.5. The second kappa shape index (κ2) is 8.59. The molecule has 0 radical (unpaired) electrons. The molecule has 2 aromatic rings. The summed E-state index contributed by atoms with van der Waals surface area (Å²) in [6.07, 6.45) is 1.75. The van der Waals surface area contributed by atoms with Crippen molar-refractivity contribution in [2.45, 2.75) is 37.8 Å². The molecule has 1 fully saturated rings. The van der Waals surface area contributed by atoms with Crippen LogP contribution in [0.4, 0.5) is 0 Å². The van der Waals surface area contributed by atoms with Gasteiger partial charge in [0.05, 0.1) is 17.6 Å². The van der Waals surface area contributed by atoms with E-state index >= 15 is 0 Å². The van der Waals surface area contributed by atoms with E-state index in [2.05, 4.69) is 23.7 Å². The summed E-state index contributed by atoms with van der Waals surface area (Å²) in [4.78, 5) is 6.73. The van der Waals surface area contributed by atoms with Crippen LogP contribution in [0, 0.1) is 5.92 Å². The fraction of sp³-hybridized carbons (Fsp3) is 0.526. The Morgan fingerprint density at radius 1 is 1.15 bits per heavy atom. The molecular weight excluding hydrogens is 366 g/mol. The van der Waals surface area contributed by atoms with Gasteiger partial charge >= 0.3 is 0 Å². The molecule has 0 bridgehead atoms. The number of sulfone groups is 1. The zero-order chi connectivity index (χ0) is 18.6. The van der Waals surface area contributed by atoms with Gasteiger partial charge in [0.25, 0.3) is 0 Å². The monoisotopic (exact) mass is 393 g/mol. The maximum absolute atomic E-state index is 13.0. The van der Waals surface area contributed by atoms with Gasteiger partial charge < -0.3 is 4.57 Å². The molecule has 0 N–H and O–H groups in total. The summed E-state index contributed by atoms with van der Waals surface area (Å²) in [7, 11) is -3.48. The molecule has 5 nitrogen and oxygen atoms in total. The molecular formula is C19H27N3O2S2. The van der Waals surface area contributed by atoms with Gasteiger partial charge in [0, 0.05) is 37.7 Å². The average Bonchev–Trinajstić information content (AvgIpc) is 2.99. The fourth-order valence-electron chi connectivity index (χ4n) is 3.17. The van der Waals surface area contributed by atoms with Gasteiger partial charge in [0.1, 0.15) is 0 Å². The van der Waals surface area contributed by atoms with Crippen molar-refractivity contribution in [2.24, 2.45) is 5.92 Å². The number of rotatable bonds is 7. The molecule has 0 unspecified atom stereocenters. The highest BCUT2D eigenvalue weighted by Gasteiger charge is 2.25. The van der Waals surface area contributed by atoms with Crippen molar-refractivity contribution in [1.29, 1.82) is 0 Å². The van der Waals surface area contributed by atoms with Gasteiger partial charge in [-0.05, 0) is 11.5 Å². The van der Waals surface area contributed by atoms with Gasteiger partial charge in [-0.2, -0.15) is 11.8 Å². The minimum Gasteiger partial charge on any atom is -0.317 e. The highest BCUT2D eigenvalue weighted by Crippen LogP contribution is 2.21. The van der Waals surface area contributed by atoms with E-state index < -0.39 is 9.84 Å². The van der Waals surface area contributed by atoms with Crippen LogP contribution in [0.25, 0.3) is 0 Å². The SMILES string of the molecule is CC(C)Cn1c(CN2CCSCC2)cnc1S(=O)(=O)Cc1ccccc1. The Hall–Kier alpha value is -1.31. The second-order valence-corrected chi connectivity index (χ2v) is 10.3. The van der Waals surface area contributed by atoms with Crippen molar-refractivity contribution >= 4 is 21.6 Å². The maximum Gasteiger partial charge on any atom is 0.228 e. The predicted octanol–water partition coefficient (Wildman–Crippen LogP) is 3.06. The van der Waals surface area contributed by atoms with Gasteiger partial charge in [-0.15, -0.1) is 0 Å². The van der Waals surface area contributed by atoms with E-state index in [1.165, 1.54) is 0 Å². The van der Waals surface area contributed by atoms with Crippen LogP contribution >= 0.6 is 11.8 Å². The quantitative estimate of drug-likeness (QED) is 0.724. The van der Waals surface area contributed by atoms with E-state index in [4.69, 9.17) is 0 Å². The Morgan fingerprint density at radius 2 is 1.85 bits per heavy atom. The summed E-state index contributed by atoms with van der Waals surface area (Å²) in [6.45, 7) is 7.74. The Labute approximate surface area is 160 Å². The molecule has 0 saturated carbocycles. The van der Waals surface area contributed by atoms with Gasteiger partial charge in [0.15, 0.2) is 0 Å². The number of imidazole rings is 1. The topological polar surface area (TPSA) is 55.2 Å². The predicted molar refractivity (Wildman–Crippen MR) is 107 cm³/mol. The molecule has 1 aromatic carbocycles. The first-order chi connectivity index (χ1) is 12.5. The molecule has 142 valence electrons. The van der Waals surface area contributed by atoms with Crippen molar-refractivity contribution in [2.75, 3.05) is 24.6 Å². The van der Waals surface area contributed by atoms with Crippen LogP contribution in [0.1, 0.15) is 25.1 Å². The number of hydrogen-bond donors (Lipinski definition) is 0. The van der Waals surface area contributed by atoms with Crippen LogP contribution in [0.15, 0.2) is 41.7 Å². The third kappa shape index (κ3) is 4.90. The minimum absolute atomic E-state index is 0.0112. The van der Waals surface area contributed by atoms with E-state index in [0.29, 0.717) is 12.5 Å². The van der Waals surface area contributed by atoms with Crippen molar-refractivity contribution < 1.29 is 8.42 Å². The summed E-state index contributed by atoms with van der Waals surface area (Å²) in [5.74, 6) is 2.61. The first-order valence-corrected chi connectivity index (χ1v) is 11.9. The number of nitrogens with zero attached hydrogens (tertiary/aromatic N) is 3. The Balaban J connectivity index is 1.87. The van der Waals surface area contributed by atoms with Crippen LogP contribution in [-0.4, -0.2) is 47.5 Å². The molecule has 1 aromatic heterocycles. The fourth-order valence-corrected chi connectivity index (χ4v) is 5.65. The molecule has 2 heterocycles. The van der Waals surface area contributed by atoms with Crippen LogP contribution in [-0.2, 0) is 28.7 Å². The highest BCUT2D eigenvalue weighted by atomic mass is 32.2. The first-order valence-electron chi connectivity index (χ1n) is 9.07. The van der Waals surface area contributed by atoms with E-state index in [-0.39, 0.29) is 10.9 Å². The van der Waals surface area contributed by atoms with E-state index in [1.807, 2.05) is 46.7 Å². The minimum atomic E-state index is -3.48. The molecule has 0 amide bonds. The third-order valence-electron chi connectivity index (χ3n) is 4.42. The number of hydrogen-bond acceptors (Lipinski definition) is 5. The van der Waals surface area contributed by atoms with Crippen molar-refractivity contribution in [3.05, 3.63) is 47.8 Å². The summed E-state index contributed by atoms with van der Waals surface area (Å²) >= 11 is 1.97. The van der Waals surface area contributed by atoms with Gasteiger partial charge in [0.2, 0.25) is 15.0 Å². The Morgan fingerprint density at radius 3 is 2.50 bits per heavy atom. The second-order valence-electron chi connectivity index (χ2n) is 7.17. The smallest absolute Gasteiger partial charge is 0.228 e. The number of benzene rings is 1. The van der Waals surface area contributed by atoms with Crippen LogP contribution in [0.5, 0.6) is 0 Å². The van der Waals surface area contributed by atoms with Crippen LogP contribution in [0.3, 0.4) is 0 Å². The Bertz CT molecular complexity index is 811. The van der Waals surface area contributed by atoms with E-state index in [9.17, 15) is 8.42 Å². The van der Waals surface area contributed by atoms with Gasteiger partial charge in [-0.1, -0.05) is 44.2 Å². The van der Waals surface area contributed by atoms with Crippen LogP contribution < -0.4 is 0 Å². The number of thioether (sulfide) groups is 1.